The van der Waals surface area contributed by atoms with Gasteiger partial charge >= 0.3 is 11.8 Å². The Kier molecular flexibility index (Phi) is 4.75. The number of amides is 1. The maximum atomic E-state index is 14.6. The Hall–Kier alpha value is -2.06. The van der Waals surface area contributed by atoms with Crippen molar-refractivity contribution in [2.75, 3.05) is 4.90 Å². The number of carbonyl (C=O) groups excluding carboxylic acids is 1. The third-order valence-corrected chi connectivity index (χ3v) is 4.43. The summed E-state index contributed by atoms with van der Waals surface area (Å²) in [6.45, 7) is 0.740. The van der Waals surface area contributed by atoms with E-state index in [0.29, 0.717) is 0 Å². The molecular formula is C17H13BClF3N2O2. The first kappa shape index (κ1) is 18.7. The Labute approximate surface area is 154 Å². The average molecular weight is 381 g/mol. The first-order chi connectivity index (χ1) is 12.1. The van der Waals surface area contributed by atoms with Gasteiger partial charge < -0.3 is 10.0 Å². The van der Waals surface area contributed by atoms with E-state index >= 15 is 0 Å². The lowest BCUT2D eigenvalue weighted by Crippen LogP contribution is -2.36. The van der Waals surface area contributed by atoms with Gasteiger partial charge in [-0.05, 0) is 24.6 Å². The lowest BCUT2D eigenvalue weighted by molar-refractivity contribution is -0.142. The highest BCUT2D eigenvalue weighted by Gasteiger charge is 2.54. The van der Waals surface area contributed by atoms with Gasteiger partial charge in [0.1, 0.15) is 20.1 Å². The molecule has 2 radical (unpaired) electrons. The summed E-state index contributed by atoms with van der Waals surface area (Å²) in [6.07, 6.45) is -2.27. The van der Waals surface area contributed by atoms with E-state index in [9.17, 15) is 23.1 Å². The molecule has 3 rings (SSSR count). The molecule has 4 nitrogen and oxygen atoms in total. The molecule has 2 heterocycles. The molecule has 0 fully saturated rings. The number of aromatic nitrogens is 1. The number of hydrogen-bond donors (Lipinski definition) is 1. The second-order valence-electron chi connectivity index (χ2n) is 6.02. The number of hydrogen-bond acceptors (Lipinski definition) is 3. The monoisotopic (exact) mass is 380 g/mol. The Balaban J connectivity index is 2.09. The SMILES string of the molecule is [B]c1cc(Cl)cnc1CN1C(=O)C(F)(F)c2c(C(O)C(C)F)cccc21. The Bertz CT molecular complexity index is 879. The molecular weight excluding hydrogens is 367 g/mol. The fourth-order valence-corrected chi connectivity index (χ4v) is 3.09. The number of benzene rings is 1. The van der Waals surface area contributed by atoms with Gasteiger partial charge in [-0.15, -0.1) is 0 Å². The van der Waals surface area contributed by atoms with Crippen LogP contribution in [0, 0.1) is 0 Å². The minimum Gasteiger partial charge on any atom is -0.385 e. The second kappa shape index (κ2) is 6.59. The van der Waals surface area contributed by atoms with Crippen molar-refractivity contribution < 1.29 is 23.1 Å². The molecule has 1 aromatic carbocycles. The fraction of sp³-hybridized carbons (Fsp3) is 0.294. The number of alkyl halides is 3. The molecule has 2 atom stereocenters. The van der Waals surface area contributed by atoms with Gasteiger partial charge in [-0.2, -0.15) is 8.78 Å². The van der Waals surface area contributed by atoms with Crippen LogP contribution in [0.1, 0.15) is 29.8 Å². The molecule has 2 unspecified atom stereocenters. The first-order valence-corrected chi connectivity index (χ1v) is 8.07. The van der Waals surface area contributed by atoms with E-state index in [2.05, 4.69) is 4.98 Å². The summed E-state index contributed by atoms with van der Waals surface area (Å²) in [4.78, 5) is 17.1. The summed E-state index contributed by atoms with van der Waals surface area (Å²) in [6, 6.07) is 5.26. The molecule has 0 bridgehead atoms. The van der Waals surface area contributed by atoms with E-state index in [1.54, 1.807) is 0 Å². The van der Waals surface area contributed by atoms with Crippen molar-refractivity contribution in [1.82, 2.24) is 4.98 Å². The van der Waals surface area contributed by atoms with Crippen LogP contribution in [0.25, 0.3) is 0 Å². The fourth-order valence-electron chi connectivity index (χ4n) is 2.93. The van der Waals surface area contributed by atoms with Gasteiger partial charge in [0.15, 0.2) is 0 Å². The van der Waals surface area contributed by atoms with Crippen molar-refractivity contribution >= 4 is 36.5 Å². The molecule has 26 heavy (non-hydrogen) atoms. The summed E-state index contributed by atoms with van der Waals surface area (Å²) in [7, 11) is 5.79. The molecule has 2 aromatic rings. The zero-order valence-electron chi connectivity index (χ0n) is 13.6. The number of rotatable bonds is 4. The number of aliphatic hydroxyl groups excluding tert-OH is 1. The van der Waals surface area contributed by atoms with Crippen LogP contribution >= 0.6 is 11.6 Å². The number of pyridine rings is 1. The van der Waals surface area contributed by atoms with Gasteiger partial charge in [0.25, 0.3) is 0 Å². The van der Waals surface area contributed by atoms with Crippen LogP contribution in [0.2, 0.25) is 5.02 Å². The lowest BCUT2D eigenvalue weighted by atomic mass is 9.94. The summed E-state index contributed by atoms with van der Waals surface area (Å²) in [5.41, 5.74) is -0.801. The second-order valence-corrected chi connectivity index (χ2v) is 6.46. The zero-order valence-corrected chi connectivity index (χ0v) is 14.3. The smallest absolute Gasteiger partial charge is 0.352 e. The predicted octanol–water partition coefficient (Wildman–Crippen LogP) is 2.56. The molecule has 1 aliphatic heterocycles. The van der Waals surface area contributed by atoms with Crippen molar-refractivity contribution in [3.05, 3.63) is 52.3 Å². The van der Waals surface area contributed by atoms with E-state index in [4.69, 9.17) is 19.4 Å². The van der Waals surface area contributed by atoms with Crippen LogP contribution in [0.4, 0.5) is 18.9 Å². The van der Waals surface area contributed by atoms with Gasteiger partial charge in [0.2, 0.25) is 0 Å². The van der Waals surface area contributed by atoms with Gasteiger partial charge in [0.05, 0.1) is 28.5 Å². The van der Waals surface area contributed by atoms with Crippen molar-refractivity contribution in [2.24, 2.45) is 0 Å². The van der Waals surface area contributed by atoms with Gasteiger partial charge in [0, 0.05) is 6.20 Å². The van der Waals surface area contributed by atoms with E-state index in [1.165, 1.54) is 30.5 Å². The largest absolute Gasteiger partial charge is 0.385 e. The van der Waals surface area contributed by atoms with Crippen molar-refractivity contribution in [1.29, 1.82) is 0 Å². The molecule has 9 heteroatoms. The third-order valence-electron chi connectivity index (χ3n) is 4.23. The molecule has 1 aromatic heterocycles. The minimum absolute atomic E-state index is 0.117. The lowest BCUT2D eigenvalue weighted by Gasteiger charge is -2.19. The van der Waals surface area contributed by atoms with Gasteiger partial charge in [-0.1, -0.05) is 29.2 Å². The highest BCUT2D eigenvalue weighted by molar-refractivity contribution is 6.36. The molecule has 1 N–H and O–H groups in total. The van der Waals surface area contributed by atoms with E-state index in [1.807, 2.05) is 0 Å². The first-order valence-electron chi connectivity index (χ1n) is 7.69. The van der Waals surface area contributed by atoms with Crippen LogP contribution in [-0.4, -0.2) is 30.0 Å². The van der Waals surface area contributed by atoms with Crippen LogP contribution < -0.4 is 10.4 Å². The van der Waals surface area contributed by atoms with E-state index < -0.39 is 29.7 Å². The number of fused-ring (bicyclic) bond motifs is 1. The van der Waals surface area contributed by atoms with E-state index in [0.717, 1.165) is 11.8 Å². The van der Waals surface area contributed by atoms with Crippen LogP contribution in [0.3, 0.4) is 0 Å². The van der Waals surface area contributed by atoms with Crippen LogP contribution in [0.5, 0.6) is 0 Å². The normalized spacial score (nSPS) is 17.9. The number of anilines is 1. The number of aliphatic hydroxyl groups is 1. The van der Waals surface area contributed by atoms with Gasteiger partial charge in [-0.3, -0.25) is 9.78 Å². The molecule has 0 spiro atoms. The topological polar surface area (TPSA) is 53.4 Å². The average Bonchev–Trinajstić information content (AvgIpc) is 2.77. The van der Waals surface area contributed by atoms with Crippen molar-refractivity contribution in [3.8, 4) is 0 Å². The van der Waals surface area contributed by atoms with Crippen molar-refractivity contribution in [2.45, 2.75) is 31.7 Å². The number of carbonyl (C=O) groups is 1. The molecule has 134 valence electrons. The van der Waals surface area contributed by atoms with Crippen LogP contribution in [-0.2, 0) is 17.3 Å². The Morgan fingerprint density at radius 3 is 2.73 bits per heavy atom. The number of nitrogens with zero attached hydrogens (tertiary/aromatic N) is 2. The summed E-state index contributed by atoms with van der Waals surface area (Å²) >= 11 is 5.77. The summed E-state index contributed by atoms with van der Waals surface area (Å²) < 4.78 is 42.8. The maximum absolute atomic E-state index is 14.6. The highest BCUT2D eigenvalue weighted by atomic mass is 35.5. The van der Waals surface area contributed by atoms with Gasteiger partial charge in [-0.25, -0.2) is 4.39 Å². The molecule has 0 saturated carbocycles. The highest BCUT2D eigenvalue weighted by Crippen LogP contribution is 2.48. The molecule has 0 saturated heterocycles. The predicted molar refractivity (Wildman–Crippen MR) is 91.7 cm³/mol. The van der Waals surface area contributed by atoms with E-state index in [-0.39, 0.29) is 34.0 Å². The molecule has 1 amide bonds. The molecule has 0 aliphatic carbocycles. The standard InChI is InChI=1S/C17H13BClF3N2O2/c1-8(20)15(25)10-3-2-4-13-14(10)17(21,22)16(26)24(13)7-12-11(18)5-9(19)6-23-12/h2-6,8,15,25H,7H2,1H3. The van der Waals surface area contributed by atoms with Crippen molar-refractivity contribution in [3.63, 3.8) is 0 Å². The third kappa shape index (κ3) is 2.97. The zero-order chi connectivity index (χ0) is 19.2. The Morgan fingerprint density at radius 1 is 1.42 bits per heavy atom. The summed E-state index contributed by atoms with van der Waals surface area (Å²) in [5, 5.41) is 10.2. The summed E-state index contributed by atoms with van der Waals surface area (Å²) in [5.74, 6) is -5.39. The quantitative estimate of drug-likeness (QED) is 0.830. The molecule has 1 aliphatic rings. The Morgan fingerprint density at radius 2 is 2.12 bits per heavy atom. The maximum Gasteiger partial charge on any atom is 0.352 e. The number of halogens is 4. The van der Waals surface area contributed by atoms with Crippen LogP contribution in [0.15, 0.2) is 30.5 Å². The minimum atomic E-state index is -3.90.